The lowest BCUT2D eigenvalue weighted by molar-refractivity contribution is 0.679. The number of hydrogen-bond donors (Lipinski definition) is 1. The second kappa shape index (κ2) is 7.43. The fourth-order valence-electron chi connectivity index (χ4n) is 3.95. The third kappa shape index (κ3) is 3.13. The fourth-order valence-corrected chi connectivity index (χ4v) is 3.95. The third-order valence-electron chi connectivity index (χ3n) is 5.42. The molecule has 0 amide bonds. The molecule has 4 aromatic rings. The van der Waals surface area contributed by atoms with Crippen LogP contribution >= 0.6 is 0 Å². The number of para-hydroxylation sites is 1. The van der Waals surface area contributed by atoms with Gasteiger partial charge in [0.1, 0.15) is 11.5 Å². The molecule has 1 N–H and O–H groups in total. The molecule has 0 aliphatic heterocycles. The molecule has 0 spiro atoms. The third-order valence-corrected chi connectivity index (χ3v) is 5.42. The van der Waals surface area contributed by atoms with Crippen molar-refractivity contribution in [1.29, 1.82) is 0 Å². The van der Waals surface area contributed by atoms with Gasteiger partial charge in [0.05, 0.1) is 5.52 Å². The maximum absolute atomic E-state index is 4.93. The highest BCUT2D eigenvalue weighted by atomic mass is 15.4. The summed E-state index contributed by atoms with van der Waals surface area (Å²) in [7, 11) is 0. The first kappa shape index (κ1) is 16.9. The summed E-state index contributed by atoms with van der Waals surface area (Å²) in [4.78, 5) is 4.93. The summed E-state index contributed by atoms with van der Waals surface area (Å²) in [5.74, 6) is 0.902. The standard InChI is InChI=1S/C23H23N5/c1-3-9-17(10-4-1)15-16-24-22-19-13-7-8-14-20(19)28-23(25-22)21(26-27-28)18-11-5-2-6-12-18/h2,5-9,11-14H,1,3-4,10,15-16H2,(H,24,25). The molecule has 5 nitrogen and oxygen atoms in total. The largest absolute Gasteiger partial charge is 0.369 e. The van der Waals surface area contributed by atoms with Crippen LogP contribution in [0.1, 0.15) is 32.1 Å². The van der Waals surface area contributed by atoms with E-state index in [9.17, 15) is 0 Å². The number of rotatable bonds is 5. The predicted octanol–water partition coefficient (Wildman–Crippen LogP) is 5.25. The van der Waals surface area contributed by atoms with Crippen molar-refractivity contribution >= 4 is 22.4 Å². The molecule has 0 bridgehead atoms. The van der Waals surface area contributed by atoms with E-state index in [0.717, 1.165) is 46.6 Å². The van der Waals surface area contributed by atoms with E-state index in [1.165, 1.54) is 25.7 Å². The Bertz CT molecular complexity index is 1140. The van der Waals surface area contributed by atoms with Gasteiger partial charge < -0.3 is 5.32 Å². The minimum atomic E-state index is 0.782. The lowest BCUT2D eigenvalue weighted by Crippen LogP contribution is -2.08. The van der Waals surface area contributed by atoms with Crippen molar-refractivity contribution in [2.45, 2.75) is 32.1 Å². The van der Waals surface area contributed by atoms with Crippen LogP contribution in [-0.2, 0) is 0 Å². The van der Waals surface area contributed by atoms with Gasteiger partial charge in [0.2, 0.25) is 0 Å². The Balaban J connectivity index is 1.54. The molecular formula is C23H23N5. The SMILES string of the molecule is C1=C(CCNc2nc3c(-c4ccccc4)nnn3c3ccccc23)CCCC1. The van der Waals surface area contributed by atoms with Crippen molar-refractivity contribution in [1.82, 2.24) is 19.8 Å². The van der Waals surface area contributed by atoms with E-state index in [1.54, 1.807) is 5.57 Å². The van der Waals surface area contributed by atoms with Crippen LogP contribution in [0.25, 0.3) is 27.8 Å². The van der Waals surface area contributed by atoms with Gasteiger partial charge in [-0.15, -0.1) is 5.10 Å². The zero-order valence-electron chi connectivity index (χ0n) is 15.8. The Labute approximate surface area is 164 Å². The van der Waals surface area contributed by atoms with Gasteiger partial charge in [0.15, 0.2) is 5.65 Å². The van der Waals surface area contributed by atoms with Gasteiger partial charge in [0, 0.05) is 17.5 Å². The number of allylic oxidation sites excluding steroid dienone is 1. The Morgan fingerprint density at radius 3 is 2.68 bits per heavy atom. The molecule has 2 aromatic heterocycles. The first-order valence-corrected chi connectivity index (χ1v) is 10.0. The smallest absolute Gasteiger partial charge is 0.186 e. The van der Waals surface area contributed by atoms with Gasteiger partial charge in [-0.05, 0) is 44.2 Å². The molecule has 28 heavy (non-hydrogen) atoms. The molecule has 0 saturated carbocycles. The van der Waals surface area contributed by atoms with Crippen molar-refractivity contribution < 1.29 is 0 Å². The molecule has 1 aliphatic rings. The molecule has 1 aliphatic carbocycles. The summed E-state index contributed by atoms with van der Waals surface area (Å²) in [6.45, 7) is 0.890. The van der Waals surface area contributed by atoms with Crippen molar-refractivity contribution in [2.75, 3.05) is 11.9 Å². The molecule has 0 radical (unpaired) electrons. The lowest BCUT2D eigenvalue weighted by atomic mass is 9.97. The Kier molecular flexibility index (Phi) is 4.49. The molecule has 2 heterocycles. The number of aromatic nitrogens is 4. The fraction of sp³-hybridized carbons (Fsp3) is 0.261. The van der Waals surface area contributed by atoms with Crippen LogP contribution in [0.15, 0.2) is 66.2 Å². The Morgan fingerprint density at radius 2 is 1.82 bits per heavy atom. The summed E-state index contributed by atoms with van der Waals surface area (Å²) in [6.07, 6.45) is 8.60. The Morgan fingerprint density at radius 1 is 0.964 bits per heavy atom. The van der Waals surface area contributed by atoms with E-state index >= 15 is 0 Å². The summed E-state index contributed by atoms with van der Waals surface area (Å²) in [5.41, 5.74) is 5.20. The second-order valence-corrected chi connectivity index (χ2v) is 7.30. The van der Waals surface area contributed by atoms with Gasteiger partial charge >= 0.3 is 0 Å². The van der Waals surface area contributed by atoms with Crippen LogP contribution in [0.5, 0.6) is 0 Å². The zero-order chi connectivity index (χ0) is 18.8. The molecule has 5 heteroatoms. The molecule has 0 saturated heterocycles. The quantitative estimate of drug-likeness (QED) is 0.488. The summed E-state index contributed by atoms with van der Waals surface area (Å²) >= 11 is 0. The maximum Gasteiger partial charge on any atom is 0.186 e. The molecule has 0 atom stereocenters. The van der Waals surface area contributed by atoms with E-state index in [1.807, 2.05) is 47.0 Å². The molecule has 5 rings (SSSR count). The second-order valence-electron chi connectivity index (χ2n) is 7.30. The predicted molar refractivity (Wildman–Crippen MR) is 113 cm³/mol. The average Bonchev–Trinajstić information content (AvgIpc) is 3.19. The van der Waals surface area contributed by atoms with E-state index in [2.05, 4.69) is 33.8 Å². The monoisotopic (exact) mass is 369 g/mol. The number of nitrogens with one attached hydrogen (secondary N) is 1. The highest BCUT2D eigenvalue weighted by Crippen LogP contribution is 2.28. The van der Waals surface area contributed by atoms with Crippen LogP contribution in [0, 0.1) is 0 Å². The van der Waals surface area contributed by atoms with Crippen LogP contribution < -0.4 is 5.32 Å². The van der Waals surface area contributed by atoms with Crippen LogP contribution in [0.3, 0.4) is 0 Å². The minimum Gasteiger partial charge on any atom is -0.369 e. The first-order chi connectivity index (χ1) is 13.9. The van der Waals surface area contributed by atoms with E-state index in [4.69, 9.17) is 4.98 Å². The van der Waals surface area contributed by atoms with Gasteiger partial charge in [-0.1, -0.05) is 59.3 Å². The number of benzene rings is 2. The van der Waals surface area contributed by atoms with Crippen molar-refractivity contribution in [2.24, 2.45) is 0 Å². The van der Waals surface area contributed by atoms with E-state index in [0.29, 0.717) is 0 Å². The van der Waals surface area contributed by atoms with E-state index < -0.39 is 0 Å². The maximum atomic E-state index is 4.93. The lowest BCUT2D eigenvalue weighted by Gasteiger charge is -2.14. The summed E-state index contributed by atoms with van der Waals surface area (Å²) in [5, 5.41) is 13.5. The number of fused-ring (bicyclic) bond motifs is 3. The highest BCUT2D eigenvalue weighted by Gasteiger charge is 2.15. The molecule has 140 valence electrons. The van der Waals surface area contributed by atoms with Gasteiger partial charge in [0.25, 0.3) is 0 Å². The van der Waals surface area contributed by atoms with Gasteiger partial charge in [-0.3, -0.25) is 0 Å². The first-order valence-electron chi connectivity index (χ1n) is 10.0. The minimum absolute atomic E-state index is 0.782. The molecule has 2 aromatic carbocycles. The summed E-state index contributed by atoms with van der Waals surface area (Å²) in [6, 6.07) is 18.4. The number of hydrogen-bond acceptors (Lipinski definition) is 4. The van der Waals surface area contributed by atoms with Crippen LogP contribution in [-0.4, -0.2) is 26.4 Å². The molecule has 0 fully saturated rings. The molecular weight excluding hydrogens is 346 g/mol. The highest BCUT2D eigenvalue weighted by molar-refractivity contribution is 5.93. The van der Waals surface area contributed by atoms with Crippen molar-refractivity contribution in [3.05, 3.63) is 66.2 Å². The van der Waals surface area contributed by atoms with E-state index in [-0.39, 0.29) is 0 Å². The normalized spacial score (nSPS) is 14.4. The average molecular weight is 369 g/mol. The van der Waals surface area contributed by atoms with Crippen molar-refractivity contribution in [3.63, 3.8) is 0 Å². The Hall–Kier alpha value is -3.21. The van der Waals surface area contributed by atoms with Crippen molar-refractivity contribution in [3.8, 4) is 11.3 Å². The topological polar surface area (TPSA) is 55.1 Å². The number of nitrogens with zero attached hydrogens (tertiary/aromatic N) is 4. The number of anilines is 1. The molecule has 0 unspecified atom stereocenters. The zero-order valence-corrected chi connectivity index (χ0v) is 15.8. The van der Waals surface area contributed by atoms with Gasteiger partial charge in [-0.25, -0.2) is 4.98 Å². The van der Waals surface area contributed by atoms with Crippen LogP contribution in [0.2, 0.25) is 0 Å². The van der Waals surface area contributed by atoms with Gasteiger partial charge in [-0.2, -0.15) is 4.52 Å². The summed E-state index contributed by atoms with van der Waals surface area (Å²) < 4.78 is 1.84. The van der Waals surface area contributed by atoms with Crippen LogP contribution in [0.4, 0.5) is 5.82 Å².